The molecule has 1 aromatic carbocycles. The number of hydrogen-bond donors (Lipinski definition) is 2. The minimum Gasteiger partial charge on any atom is -0.324 e. The zero-order valence-corrected chi connectivity index (χ0v) is 12.3. The third kappa shape index (κ3) is 2.99. The number of benzene rings is 1. The Morgan fingerprint density at radius 3 is 3.05 bits per heavy atom. The fourth-order valence-corrected chi connectivity index (χ4v) is 2.34. The highest BCUT2D eigenvalue weighted by molar-refractivity contribution is 6.28. The summed E-state index contributed by atoms with van der Waals surface area (Å²) >= 11 is 5.73. The number of nitrogens with zero attached hydrogens (tertiary/aromatic N) is 4. The number of amides is 1. The highest BCUT2D eigenvalue weighted by atomic mass is 35.5. The second kappa shape index (κ2) is 5.98. The van der Waals surface area contributed by atoms with E-state index in [0.717, 1.165) is 29.9 Å². The Bertz CT molecular complexity index is 735. The van der Waals surface area contributed by atoms with Gasteiger partial charge in [-0.3, -0.25) is 15.2 Å². The summed E-state index contributed by atoms with van der Waals surface area (Å²) in [6, 6.07) is 5.85. The van der Waals surface area contributed by atoms with Crippen molar-refractivity contribution in [1.82, 2.24) is 20.4 Å². The van der Waals surface area contributed by atoms with E-state index in [1.54, 1.807) is 5.01 Å². The molecule has 7 nitrogen and oxygen atoms in total. The van der Waals surface area contributed by atoms with Gasteiger partial charge in [-0.2, -0.15) is 4.98 Å². The zero-order chi connectivity index (χ0) is 15.5. The second-order valence-corrected chi connectivity index (χ2v) is 4.97. The Labute approximate surface area is 132 Å². The molecule has 1 amide bonds. The smallest absolute Gasteiger partial charge is 0.261 e. The first-order valence-corrected chi connectivity index (χ1v) is 6.98. The number of rotatable bonds is 4. The molecule has 1 aromatic heterocycles. The molecule has 112 valence electrons. The van der Waals surface area contributed by atoms with Crippen LogP contribution in [-0.2, 0) is 11.2 Å². The Kier molecular flexibility index (Phi) is 3.88. The SMILES string of the molecule is C=CC(=O)NN1CCc2ccc(Nc3ncnc(Cl)n3)cc21. The first-order valence-electron chi connectivity index (χ1n) is 6.61. The predicted molar refractivity (Wildman–Crippen MR) is 84.0 cm³/mol. The fraction of sp³-hybridized carbons (Fsp3) is 0.143. The van der Waals surface area contributed by atoms with Crippen LogP contribution in [0.1, 0.15) is 5.56 Å². The molecule has 2 heterocycles. The van der Waals surface area contributed by atoms with E-state index >= 15 is 0 Å². The molecular weight excluding hydrogens is 304 g/mol. The summed E-state index contributed by atoms with van der Waals surface area (Å²) in [5.41, 5.74) is 5.65. The van der Waals surface area contributed by atoms with Gasteiger partial charge in [-0.15, -0.1) is 0 Å². The van der Waals surface area contributed by atoms with E-state index < -0.39 is 0 Å². The van der Waals surface area contributed by atoms with Gasteiger partial charge in [0.2, 0.25) is 11.2 Å². The highest BCUT2D eigenvalue weighted by Gasteiger charge is 2.20. The molecule has 2 aromatic rings. The number of halogens is 1. The van der Waals surface area contributed by atoms with Gasteiger partial charge in [-0.25, -0.2) is 9.97 Å². The van der Waals surface area contributed by atoms with Crippen molar-refractivity contribution in [2.45, 2.75) is 6.42 Å². The number of anilines is 3. The molecule has 0 atom stereocenters. The van der Waals surface area contributed by atoms with Crippen LogP contribution in [0.4, 0.5) is 17.3 Å². The van der Waals surface area contributed by atoms with Crippen molar-refractivity contribution in [2.24, 2.45) is 0 Å². The summed E-state index contributed by atoms with van der Waals surface area (Å²) in [5.74, 6) is 0.120. The molecular formula is C14H13ClN6O. The fourth-order valence-electron chi connectivity index (χ4n) is 2.22. The maximum absolute atomic E-state index is 11.5. The first-order chi connectivity index (χ1) is 10.7. The summed E-state index contributed by atoms with van der Waals surface area (Å²) < 4.78 is 0. The molecule has 0 fully saturated rings. The first kappa shape index (κ1) is 14.3. The quantitative estimate of drug-likeness (QED) is 0.838. The number of fused-ring (bicyclic) bond motifs is 1. The van der Waals surface area contributed by atoms with Gasteiger partial charge < -0.3 is 5.32 Å². The van der Waals surface area contributed by atoms with Gasteiger partial charge >= 0.3 is 0 Å². The molecule has 0 aliphatic carbocycles. The van der Waals surface area contributed by atoms with Crippen molar-refractivity contribution in [3.8, 4) is 0 Å². The average Bonchev–Trinajstić information content (AvgIpc) is 2.90. The Hall–Kier alpha value is -2.67. The van der Waals surface area contributed by atoms with Crippen LogP contribution < -0.4 is 15.8 Å². The summed E-state index contributed by atoms with van der Waals surface area (Å²) in [6.45, 7) is 4.17. The van der Waals surface area contributed by atoms with Crippen molar-refractivity contribution in [1.29, 1.82) is 0 Å². The summed E-state index contributed by atoms with van der Waals surface area (Å²) in [4.78, 5) is 23.2. The third-order valence-corrected chi connectivity index (χ3v) is 3.39. The molecule has 2 N–H and O–H groups in total. The molecule has 0 radical (unpaired) electrons. The largest absolute Gasteiger partial charge is 0.324 e. The van der Waals surface area contributed by atoms with Crippen LogP contribution in [0, 0.1) is 0 Å². The lowest BCUT2D eigenvalue weighted by Crippen LogP contribution is -2.40. The molecule has 0 spiro atoms. The van der Waals surface area contributed by atoms with Crippen molar-refractivity contribution in [2.75, 3.05) is 16.9 Å². The van der Waals surface area contributed by atoms with E-state index in [-0.39, 0.29) is 11.2 Å². The number of nitrogens with one attached hydrogen (secondary N) is 2. The third-order valence-electron chi connectivity index (χ3n) is 3.21. The number of carbonyl (C=O) groups excluding carboxylic acids is 1. The molecule has 0 saturated carbocycles. The predicted octanol–water partition coefficient (Wildman–Crippen LogP) is 1.85. The van der Waals surface area contributed by atoms with E-state index in [9.17, 15) is 4.79 Å². The van der Waals surface area contributed by atoms with E-state index in [1.807, 2.05) is 18.2 Å². The van der Waals surface area contributed by atoms with E-state index in [1.165, 1.54) is 12.4 Å². The minimum absolute atomic E-state index is 0.124. The summed E-state index contributed by atoms with van der Waals surface area (Å²) in [6.07, 6.45) is 3.44. The van der Waals surface area contributed by atoms with Crippen LogP contribution in [0.25, 0.3) is 0 Å². The maximum Gasteiger partial charge on any atom is 0.261 e. The van der Waals surface area contributed by atoms with Gasteiger partial charge in [0.15, 0.2) is 0 Å². The normalized spacial score (nSPS) is 12.7. The number of hydrogen-bond acceptors (Lipinski definition) is 6. The minimum atomic E-state index is -0.240. The topological polar surface area (TPSA) is 83.0 Å². The van der Waals surface area contributed by atoms with Crippen molar-refractivity contribution >= 4 is 34.8 Å². The Morgan fingerprint density at radius 1 is 1.41 bits per heavy atom. The molecule has 0 unspecified atom stereocenters. The number of aromatic nitrogens is 3. The molecule has 0 saturated heterocycles. The van der Waals surface area contributed by atoms with Crippen LogP contribution in [0.2, 0.25) is 5.28 Å². The van der Waals surface area contributed by atoms with Gasteiger partial charge in [0.25, 0.3) is 5.91 Å². The van der Waals surface area contributed by atoms with Crippen molar-refractivity contribution < 1.29 is 4.79 Å². The van der Waals surface area contributed by atoms with Gasteiger partial charge in [-0.05, 0) is 41.8 Å². The highest BCUT2D eigenvalue weighted by Crippen LogP contribution is 2.30. The van der Waals surface area contributed by atoms with Crippen LogP contribution in [-0.4, -0.2) is 27.4 Å². The van der Waals surface area contributed by atoms with Crippen LogP contribution >= 0.6 is 11.6 Å². The molecule has 22 heavy (non-hydrogen) atoms. The van der Waals surface area contributed by atoms with Crippen molar-refractivity contribution in [3.63, 3.8) is 0 Å². The van der Waals surface area contributed by atoms with E-state index in [0.29, 0.717) is 5.95 Å². The zero-order valence-electron chi connectivity index (χ0n) is 11.6. The lowest BCUT2D eigenvalue weighted by molar-refractivity contribution is -0.116. The molecule has 1 aliphatic heterocycles. The van der Waals surface area contributed by atoms with Gasteiger partial charge in [-0.1, -0.05) is 12.6 Å². The molecule has 3 rings (SSSR count). The Morgan fingerprint density at radius 2 is 2.27 bits per heavy atom. The average molecular weight is 317 g/mol. The summed E-state index contributed by atoms with van der Waals surface area (Å²) in [5, 5.41) is 4.98. The molecule has 8 heteroatoms. The standard InChI is InChI=1S/C14H13ClN6O/c1-2-12(22)20-21-6-5-9-3-4-10(7-11(9)21)18-14-17-8-16-13(15)19-14/h2-4,7-8H,1,5-6H2,(H,20,22)(H,16,17,18,19). The van der Waals surface area contributed by atoms with Gasteiger partial charge in [0.1, 0.15) is 6.33 Å². The van der Waals surface area contributed by atoms with E-state index in [2.05, 4.69) is 32.3 Å². The monoisotopic (exact) mass is 316 g/mol. The van der Waals surface area contributed by atoms with Crippen LogP contribution in [0.5, 0.6) is 0 Å². The summed E-state index contributed by atoms with van der Waals surface area (Å²) in [7, 11) is 0. The van der Waals surface area contributed by atoms with Crippen molar-refractivity contribution in [3.05, 3.63) is 48.0 Å². The van der Waals surface area contributed by atoms with Crippen LogP contribution in [0.15, 0.2) is 37.2 Å². The van der Waals surface area contributed by atoms with Gasteiger partial charge in [0, 0.05) is 12.2 Å². The van der Waals surface area contributed by atoms with E-state index in [4.69, 9.17) is 11.6 Å². The molecule has 0 bridgehead atoms. The van der Waals surface area contributed by atoms with Crippen LogP contribution in [0.3, 0.4) is 0 Å². The number of hydrazine groups is 1. The van der Waals surface area contributed by atoms with Gasteiger partial charge in [0.05, 0.1) is 5.69 Å². The maximum atomic E-state index is 11.5. The Balaban J connectivity index is 1.82. The lowest BCUT2D eigenvalue weighted by Gasteiger charge is -2.20. The lowest BCUT2D eigenvalue weighted by atomic mass is 10.1. The molecule has 1 aliphatic rings. The second-order valence-electron chi connectivity index (χ2n) is 4.63. The number of carbonyl (C=O) groups is 1.